The van der Waals surface area contributed by atoms with Crippen molar-refractivity contribution in [2.45, 2.75) is 25.1 Å². The molecule has 9 nitrogen and oxygen atoms in total. The van der Waals surface area contributed by atoms with Gasteiger partial charge in [0.15, 0.2) is 5.65 Å². The molecule has 1 aliphatic heterocycles. The van der Waals surface area contributed by atoms with Gasteiger partial charge in [-0.2, -0.15) is 18.3 Å². The summed E-state index contributed by atoms with van der Waals surface area (Å²) in [4.78, 5) is 36.4. The Labute approximate surface area is 186 Å². The zero-order valence-corrected chi connectivity index (χ0v) is 17.6. The normalized spacial score (nSPS) is 17.5. The molecule has 0 unspecified atom stereocenters. The smallest absolute Gasteiger partial charge is 0.337 e. The Morgan fingerprint density at radius 2 is 2.00 bits per heavy atom. The van der Waals surface area contributed by atoms with Crippen LogP contribution in [-0.4, -0.2) is 68.1 Å². The summed E-state index contributed by atoms with van der Waals surface area (Å²) in [6.45, 7) is 1.19. The number of nitrogens with one attached hydrogen (secondary N) is 2. The van der Waals surface area contributed by atoms with Crippen LogP contribution >= 0.6 is 0 Å². The number of amides is 3. The summed E-state index contributed by atoms with van der Waals surface area (Å²) in [6, 6.07) is 1.98. The molecule has 3 amide bonds. The van der Waals surface area contributed by atoms with Gasteiger partial charge in [0, 0.05) is 44.0 Å². The van der Waals surface area contributed by atoms with Gasteiger partial charge < -0.3 is 15.1 Å². The Balaban J connectivity index is 1.15. The molecule has 1 saturated carbocycles. The number of pyridine rings is 2. The van der Waals surface area contributed by atoms with E-state index in [-0.39, 0.29) is 23.1 Å². The van der Waals surface area contributed by atoms with Crippen molar-refractivity contribution in [2.24, 2.45) is 5.41 Å². The van der Waals surface area contributed by atoms with Gasteiger partial charge in [0.1, 0.15) is 0 Å². The second kappa shape index (κ2) is 7.42. The van der Waals surface area contributed by atoms with Crippen LogP contribution in [0.5, 0.6) is 0 Å². The molecular formula is C21H20F3N7O2. The van der Waals surface area contributed by atoms with Gasteiger partial charge in [0.2, 0.25) is 0 Å². The summed E-state index contributed by atoms with van der Waals surface area (Å²) in [7, 11) is 1.61. The van der Waals surface area contributed by atoms with E-state index in [0.717, 1.165) is 18.9 Å². The van der Waals surface area contributed by atoms with Gasteiger partial charge in [-0.05, 0) is 25.0 Å². The van der Waals surface area contributed by atoms with Crippen molar-refractivity contribution in [3.63, 3.8) is 0 Å². The number of aromatic nitrogens is 4. The number of urea groups is 1. The zero-order valence-electron chi connectivity index (χ0n) is 17.6. The molecule has 1 aliphatic carbocycles. The summed E-state index contributed by atoms with van der Waals surface area (Å²) in [5, 5.41) is 9.84. The first-order valence-electron chi connectivity index (χ1n) is 10.3. The number of fused-ring (bicyclic) bond motifs is 1. The first kappa shape index (κ1) is 21.2. The highest BCUT2D eigenvalue weighted by atomic mass is 19.4. The van der Waals surface area contributed by atoms with Gasteiger partial charge in [-0.3, -0.25) is 14.9 Å². The van der Waals surface area contributed by atoms with Gasteiger partial charge in [-0.1, -0.05) is 0 Å². The Hall–Kier alpha value is -3.70. The number of carbonyl (C=O) groups excluding carboxylic acids is 2. The summed E-state index contributed by atoms with van der Waals surface area (Å²) < 4.78 is 38.5. The average Bonchev–Trinajstić information content (AvgIpc) is 3.20. The second-order valence-electron chi connectivity index (χ2n) is 8.72. The Morgan fingerprint density at radius 1 is 1.24 bits per heavy atom. The molecule has 0 aromatic carbocycles. The van der Waals surface area contributed by atoms with Crippen molar-refractivity contribution >= 4 is 28.7 Å². The lowest BCUT2D eigenvalue weighted by atomic mass is 9.60. The monoisotopic (exact) mass is 459 g/mol. The number of aromatic amines is 1. The van der Waals surface area contributed by atoms with E-state index < -0.39 is 17.8 Å². The molecule has 2 aliphatic rings. The number of anilines is 1. The number of hydrogen-bond acceptors (Lipinski definition) is 5. The number of alkyl halides is 3. The van der Waals surface area contributed by atoms with Crippen molar-refractivity contribution in [1.82, 2.24) is 30.0 Å². The highest BCUT2D eigenvalue weighted by Gasteiger charge is 2.55. The van der Waals surface area contributed by atoms with Gasteiger partial charge in [0.05, 0.1) is 34.6 Å². The molecule has 4 heterocycles. The molecule has 12 heteroatoms. The number of halogens is 3. The number of hydrogen-bond donors (Lipinski definition) is 2. The summed E-state index contributed by atoms with van der Waals surface area (Å²) >= 11 is 0. The maximum absolute atomic E-state index is 12.9. The first-order chi connectivity index (χ1) is 15.7. The van der Waals surface area contributed by atoms with Gasteiger partial charge in [-0.15, -0.1) is 0 Å². The van der Waals surface area contributed by atoms with Crippen LogP contribution in [0.25, 0.3) is 11.0 Å². The third-order valence-electron chi connectivity index (χ3n) is 6.45. The van der Waals surface area contributed by atoms with Crippen molar-refractivity contribution in [2.75, 3.05) is 25.5 Å². The van der Waals surface area contributed by atoms with Crippen LogP contribution in [0.2, 0.25) is 0 Å². The van der Waals surface area contributed by atoms with Crippen LogP contribution in [0.3, 0.4) is 0 Å². The van der Waals surface area contributed by atoms with Crippen LogP contribution < -0.4 is 5.32 Å². The minimum Gasteiger partial charge on any atom is -0.337 e. The van der Waals surface area contributed by atoms with Crippen LogP contribution in [0, 0.1) is 5.41 Å². The minimum absolute atomic E-state index is 0.0148. The van der Waals surface area contributed by atoms with Crippen molar-refractivity contribution < 1.29 is 22.8 Å². The zero-order chi connectivity index (χ0) is 23.4. The fourth-order valence-corrected chi connectivity index (χ4v) is 4.63. The number of carbonyl (C=O) groups is 2. The number of H-pyrrole nitrogens is 1. The third kappa shape index (κ3) is 3.74. The highest BCUT2D eigenvalue weighted by molar-refractivity contribution is 6.05. The van der Waals surface area contributed by atoms with E-state index in [1.54, 1.807) is 30.4 Å². The summed E-state index contributed by atoms with van der Waals surface area (Å²) in [6.07, 6.45) is 1.94. The SMILES string of the molecule is CN(C(=O)Nc1cncc(C(F)(F)F)c1)C1CC2(C1)CN(C(=O)c1ccnc3[nH]ncc13)C2. The molecule has 2 fully saturated rings. The summed E-state index contributed by atoms with van der Waals surface area (Å²) in [5.74, 6) is -0.0824. The topological polar surface area (TPSA) is 107 Å². The molecule has 0 radical (unpaired) electrons. The number of likely N-dealkylation sites (tertiary alicyclic amines) is 1. The van der Waals surface area contributed by atoms with E-state index in [2.05, 4.69) is 25.5 Å². The van der Waals surface area contributed by atoms with Crippen LogP contribution in [0.1, 0.15) is 28.8 Å². The fourth-order valence-electron chi connectivity index (χ4n) is 4.63. The van der Waals surface area contributed by atoms with Gasteiger partial charge >= 0.3 is 12.2 Å². The van der Waals surface area contributed by atoms with Crippen LogP contribution in [-0.2, 0) is 6.18 Å². The van der Waals surface area contributed by atoms with E-state index in [1.807, 2.05) is 0 Å². The average molecular weight is 459 g/mol. The van der Waals surface area contributed by atoms with E-state index in [0.29, 0.717) is 35.9 Å². The van der Waals surface area contributed by atoms with E-state index >= 15 is 0 Å². The Bertz CT molecular complexity index is 1230. The van der Waals surface area contributed by atoms with E-state index in [4.69, 9.17) is 0 Å². The van der Waals surface area contributed by atoms with E-state index in [9.17, 15) is 22.8 Å². The minimum atomic E-state index is -4.53. The molecular weight excluding hydrogens is 439 g/mol. The molecule has 0 atom stereocenters. The number of nitrogens with zero attached hydrogens (tertiary/aromatic N) is 5. The quantitative estimate of drug-likeness (QED) is 0.626. The molecule has 172 valence electrons. The fraction of sp³-hybridized carbons (Fsp3) is 0.381. The lowest BCUT2D eigenvalue weighted by Crippen LogP contribution is -2.67. The standard InChI is InChI=1S/C21H20F3N7O2/c1-30(19(33)28-13-4-12(7-25-8-13)21(22,23)24)14-5-20(6-14)10-31(11-20)18(32)15-2-3-26-17-16(15)9-27-29-17/h2-4,7-9,14H,5-6,10-11H2,1H3,(H,28,33)(H,26,27,29). The highest BCUT2D eigenvalue weighted by Crippen LogP contribution is 2.50. The van der Waals surface area contributed by atoms with E-state index in [1.165, 1.54) is 11.1 Å². The Morgan fingerprint density at radius 3 is 2.73 bits per heavy atom. The lowest BCUT2D eigenvalue weighted by Gasteiger charge is -2.60. The Kier molecular flexibility index (Phi) is 4.76. The largest absolute Gasteiger partial charge is 0.417 e. The molecule has 2 N–H and O–H groups in total. The molecule has 3 aromatic heterocycles. The molecule has 0 bridgehead atoms. The molecule has 5 rings (SSSR count). The van der Waals surface area contributed by atoms with Gasteiger partial charge in [0.25, 0.3) is 5.91 Å². The molecule has 33 heavy (non-hydrogen) atoms. The third-order valence-corrected chi connectivity index (χ3v) is 6.45. The maximum atomic E-state index is 12.9. The maximum Gasteiger partial charge on any atom is 0.417 e. The van der Waals surface area contributed by atoms with Crippen LogP contribution in [0.15, 0.2) is 36.9 Å². The second-order valence-corrected chi connectivity index (χ2v) is 8.72. The van der Waals surface area contributed by atoms with Crippen molar-refractivity contribution in [3.05, 3.63) is 48.0 Å². The molecule has 1 saturated heterocycles. The summed E-state index contributed by atoms with van der Waals surface area (Å²) in [5.41, 5.74) is 0.134. The first-order valence-corrected chi connectivity index (χ1v) is 10.3. The predicted molar refractivity (Wildman–Crippen MR) is 111 cm³/mol. The van der Waals surface area contributed by atoms with Crippen LogP contribution in [0.4, 0.5) is 23.7 Å². The van der Waals surface area contributed by atoms with Crippen molar-refractivity contribution in [1.29, 1.82) is 0 Å². The van der Waals surface area contributed by atoms with Crippen molar-refractivity contribution in [3.8, 4) is 0 Å². The molecule has 1 spiro atoms. The predicted octanol–water partition coefficient (Wildman–Crippen LogP) is 3.14. The number of rotatable bonds is 3. The molecule has 3 aromatic rings. The lowest BCUT2D eigenvalue weighted by molar-refractivity contribution is -0.137. The van der Waals surface area contributed by atoms with Gasteiger partial charge in [-0.25, -0.2) is 9.78 Å².